The Hall–Kier alpha value is -3.24. The van der Waals surface area contributed by atoms with Crippen LogP contribution in [0.25, 0.3) is 0 Å². The molecule has 0 fully saturated rings. The summed E-state index contributed by atoms with van der Waals surface area (Å²) >= 11 is 0. The van der Waals surface area contributed by atoms with Crippen molar-refractivity contribution < 1.29 is 41.8 Å². The van der Waals surface area contributed by atoms with Crippen molar-refractivity contribution in [2.24, 2.45) is 0 Å². The lowest BCUT2D eigenvalue weighted by atomic mass is 10.1. The summed E-state index contributed by atoms with van der Waals surface area (Å²) < 4.78 is 51.1. The van der Waals surface area contributed by atoms with Crippen LogP contribution in [0, 0.1) is 0 Å². The lowest BCUT2D eigenvalue weighted by molar-refractivity contribution is -0.125. The zero-order valence-electron chi connectivity index (χ0n) is 15.1. The number of allylic oxidation sites excluding steroid dienone is 1. The van der Waals surface area contributed by atoms with Crippen molar-refractivity contribution >= 4 is 17.9 Å². The summed E-state index contributed by atoms with van der Waals surface area (Å²) in [5, 5.41) is 3.05. The van der Waals surface area contributed by atoms with Crippen LogP contribution in [0.3, 0.4) is 0 Å². The van der Waals surface area contributed by atoms with Crippen LogP contribution in [-0.4, -0.2) is 51.5 Å². The molecule has 0 aliphatic rings. The first kappa shape index (κ1) is 22.8. The number of alkyl halides is 3. The number of carbonyl (C=O) groups is 3. The third-order valence-electron chi connectivity index (χ3n) is 3.19. The molecule has 1 rings (SSSR count). The Morgan fingerprint density at radius 3 is 2.39 bits per heavy atom. The average molecular weight is 404 g/mol. The number of methoxy groups -OCH3 is 2. The summed E-state index contributed by atoms with van der Waals surface area (Å²) in [7, 11) is 2.80. The number of halogens is 3. The van der Waals surface area contributed by atoms with E-state index in [2.05, 4.69) is 6.58 Å². The summed E-state index contributed by atoms with van der Waals surface area (Å²) in [5.74, 6) is -1.35. The molecule has 0 aliphatic heterocycles. The van der Waals surface area contributed by atoms with E-state index in [1.54, 1.807) is 11.4 Å². The van der Waals surface area contributed by atoms with Crippen LogP contribution in [0.4, 0.5) is 18.0 Å². The zero-order valence-corrected chi connectivity index (χ0v) is 15.1. The van der Waals surface area contributed by atoms with E-state index in [0.717, 1.165) is 0 Å². The second-order valence-corrected chi connectivity index (χ2v) is 5.29. The lowest BCUT2D eigenvalue weighted by Crippen LogP contribution is -2.44. The molecule has 0 saturated carbocycles. The molecule has 0 bridgehead atoms. The Morgan fingerprint density at radius 2 is 1.86 bits per heavy atom. The number of amides is 3. The number of hydrogen-bond donors (Lipinski definition) is 2. The Balaban J connectivity index is 2.72. The summed E-state index contributed by atoms with van der Waals surface area (Å²) in [4.78, 5) is 34.8. The number of benzene rings is 1. The monoisotopic (exact) mass is 404 g/mol. The molecule has 1 aromatic carbocycles. The summed E-state index contributed by atoms with van der Waals surface area (Å²) in [6.07, 6.45) is -2.68. The van der Waals surface area contributed by atoms with Gasteiger partial charge in [-0.15, -0.1) is 6.58 Å². The highest BCUT2D eigenvalue weighted by molar-refractivity contribution is 5.97. The van der Waals surface area contributed by atoms with E-state index < -0.39 is 37.2 Å². The molecule has 3 amide bonds. The molecular formula is C17H19F3N2O6. The number of carbonyl (C=O) groups excluding carboxylic acids is 3. The van der Waals surface area contributed by atoms with Gasteiger partial charge in [0, 0.05) is 5.56 Å². The number of urea groups is 1. The molecule has 0 saturated heterocycles. The van der Waals surface area contributed by atoms with Gasteiger partial charge in [0.25, 0.3) is 5.91 Å². The van der Waals surface area contributed by atoms with Crippen molar-refractivity contribution in [2.75, 3.05) is 27.4 Å². The second-order valence-electron chi connectivity index (χ2n) is 5.29. The standard InChI is InChI=1S/C17H19F3N2O6/c1-4-5-10-6-11(7-12(26-2)14(10)27-3)15(24)28-8-13(23)22-16(25)21-9-17(18,19)20/h4,6-7H,1,5,8-9H2,2-3H3,(H2,21,22,23,25). The third kappa shape index (κ3) is 7.17. The van der Waals surface area contributed by atoms with Crippen LogP contribution in [0.1, 0.15) is 15.9 Å². The molecule has 8 nitrogen and oxygen atoms in total. The molecule has 0 aliphatic carbocycles. The van der Waals surface area contributed by atoms with Crippen molar-refractivity contribution in [2.45, 2.75) is 12.6 Å². The Labute approximate surface area is 158 Å². The first-order valence-corrected chi connectivity index (χ1v) is 7.78. The zero-order chi connectivity index (χ0) is 21.3. The van der Waals surface area contributed by atoms with Crippen LogP contribution >= 0.6 is 0 Å². The minimum absolute atomic E-state index is 0.0452. The van der Waals surface area contributed by atoms with Crippen LogP contribution < -0.4 is 20.1 Å². The van der Waals surface area contributed by atoms with Gasteiger partial charge >= 0.3 is 18.2 Å². The van der Waals surface area contributed by atoms with Crippen molar-refractivity contribution in [3.05, 3.63) is 35.9 Å². The molecule has 0 heterocycles. The third-order valence-corrected chi connectivity index (χ3v) is 3.19. The topological polar surface area (TPSA) is 103 Å². The predicted octanol–water partition coefficient (Wildman–Crippen LogP) is 1.98. The van der Waals surface area contributed by atoms with E-state index in [1.165, 1.54) is 31.7 Å². The SMILES string of the molecule is C=CCc1cc(C(=O)OCC(=O)NC(=O)NCC(F)(F)F)cc(OC)c1OC. The molecule has 154 valence electrons. The quantitative estimate of drug-likeness (QED) is 0.507. The fourth-order valence-electron chi connectivity index (χ4n) is 2.07. The van der Waals surface area contributed by atoms with Crippen LogP contribution in [0.15, 0.2) is 24.8 Å². The van der Waals surface area contributed by atoms with Crippen molar-refractivity contribution in [3.63, 3.8) is 0 Å². The molecule has 0 aromatic heterocycles. The fourth-order valence-corrected chi connectivity index (χ4v) is 2.07. The molecule has 28 heavy (non-hydrogen) atoms. The lowest BCUT2D eigenvalue weighted by Gasteiger charge is -2.14. The fraction of sp³-hybridized carbons (Fsp3) is 0.353. The van der Waals surface area contributed by atoms with E-state index in [4.69, 9.17) is 14.2 Å². The van der Waals surface area contributed by atoms with Gasteiger partial charge in [0.05, 0.1) is 19.8 Å². The van der Waals surface area contributed by atoms with E-state index in [-0.39, 0.29) is 11.3 Å². The average Bonchev–Trinajstić information content (AvgIpc) is 2.63. The van der Waals surface area contributed by atoms with Gasteiger partial charge < -0.3 is 19.5 Å². The number of imide groups is 1. The second kappa shape index (κ2) is 10.2. The number of esters is 1. The molecule has 2 N–H and O–H groups in total. The number of nitrogens with one attached hydrogen (secondary N) is 2. The summed E-state index contributed by atoms with van der Waals surface area (Å²) in [6, 6.07) is 1.43. The first-order valence-electron chi connectivity index (χ1n) is 7.78. The predicted molar refractivity (Wildman–Crippen MR) is 91.3 cm³/mol. The number of ether oxygens (including phenoxy) is 3. The number of rotatable bonds is 8. The smallest absolute Gasteiger partial charge is 0.405 e. The summed E-state index contributed by atoms with van der Waals surface area (Å²) in [6.45, 7) is 1.13. The molecule has 0 atom stereocenters. The van der Waals surface area contributed by atoms with Crippen LogP contribution in [0.2, 0.25) is 0 Å². The highest BCUT2D eigenvalue weighted by Gasteiger charge is 2.28. The maximum Gasteiger partial charge on any atom is 0.405 e. The van der Waals surface area contributed by atoms with Crippen molar-refractivity contribution in [3.8, 4) is 11.5 Å². The first-order chi connectivity index (χ1) is 13.1. The van der Waals surface area contributed by atoms with E-state index in [0.29, 0.717) is 17.7 Å². The summed E-state index contributed by atoms with van der Waals surface area (Å²) in [5.41, 5.74) is 0.628. The minimum Gasteiger partial charge on any atom is -0.493 e. The highest BCUT2D eigenvalue weighted by Crippen LogP contribution is 2.33. The molecule has 0 unspecified atom stereocenters. The van der Waals surface area contributed by atoms with Gasteiger partial charge in [-0.1, -0.05) is 6.08 Å². The number of hydrogen-bond acceptors (Lipinski definition) is 6. The molecule has 11 heteroatoms. The Bertz CT molecular complexity index is 749. The molecule has 0 spiro atoms. The van der Waals surface area contributed by atoms with Crippen LogP contribution in [0.5, 0.6) is 11.5 Å². The largest absolute Gasteiger partial charge is 0.493 e. The minimum atomic E-state index is -4.62. The van der Waals surface area contributed by atoms with Crippen molar-refractivity contribution in [1.29, 1.82) is 0 Å². The Kier molecular flexibility index (Phi) is 8.29. The Morgan fingerprint density at radius 1 is 1.18 bits per heavy atom. The molecule has 1 aromatic rings. The van der Waals surface area contributed by atoms with Gasteiger partial charge in [-0.25, -0.2) is 9.59 Å². The van der Waals surface area contributed by atoms with Crippen LogP contribution in [-0.2, 0) is 16.0 Å². The van der Waals surface area contributed by atoms with Gasteiger partial charge in [-0.2, -0.15) is 13.2 Å². The molecule has 0 radical (unpaired) electrons. The molecular weight excluding hydrogens is 385 g/mol. The van der Waals surface area contributed by atoms with E-state index in [9.17, 15) is 27.6 Å². The van der Waals surface area contributed by atoms with E-state index in [1.807, 2.05) is 0 Å². The highest BCUT2D eigenvalue weighted by atomic mass is 19.4. The normalized spacial score (nSPS) is 10.6. The van der Waals surface area contributed by atoms with Gasteiger partial charge in [-0.3, -0.25) is 10.1 Å². The van der Waals surface area contributed by atoms with Crippen molar-refractivity contribution in [1.82, 2.24) is 10.6 Å². The van der Waals surface area contributed by atoms with E-state index >= 15 is 0 Å². The van der Waals surface area contributed by atoms with Gasteiger partial charge in [-0.05, 0) is 18.6 Å². The maximum absolute atomic E-state index is 12.1. The maximum atomic E-state index is 12.1. The van der Waals surface area contributed by atoms with Gasteiger partial charge in [0.2, 0.25) is 0 Å². The van der Waals surface area contributed by atoms with Gasteiger partial charge in [0.1, 0.15) is 6.54 Å². The van der Waals surface area contributed by atoms with Gasteiger partial charge in [0.15, 0.2) is 18.1 Å².